The molecule has 0 N–H and O–H groups in total. The second kappa shape index (κ2) is 4.80. The highest BCUT2D eigenvalue weighted by Gasteiger charge is 2.08. The predicted molar refractivity (Wildman–Crippen MR) is 65.9 cm³/mol. The topological polar surface area (TPSA) is 23.1 Å². The molecule has 2 unspecified atom stereocenters. The van der Waals surface area contributed by atoms with E-state index in [-0.39, 0.29) is 5.66 Å². The van der Waals surface area contributed by atoms with Crippen molar-refractivity contribution in [1.82, 2.24) is 0 Å². The lowest BCUT2D eigenvalue weighted by Crippen LogP contribution is -2.07. The Kier molecular flexibility index (Phi) is 4.20. The highest BCUT2D eigenvalue weighted by molar-refractivity contribution is 8.52. The molecule has 0 aliphatic carbocycles. The normalized spacial score (nSPS) is 17.4. The first-order chi connectivity index (χ1) is 6.46. The van der Waals surface area contributed by atoms with Gasteiger partial charge in [-0.05, 0) is 23.2 Å². The van der Waals surface area contributed by atoms with Crippen molar-refractivity contribution in [3.05, 3.63) is 35.4 Å². The zero-order valence-electron chi connectivity index (χ0n) is 8.27. The molecule has 0 heterocycles. The van der Waals surface area contributed by atoms with Gasteiger partial charge in [0.2, 0.25) is 0 Å². The van der Waals surface area contributed by atoms with E-state index in [9.17, 15) is 4.89 Å². The van der Waals surface area contributed by atoms with E-state index in [2.05, 4.69) is 6.92 Å². The number of hydrogen-bond acceptors (Lipinski definition) is 3. The average Bonchev–Trinajstić information content (AvgIpc) is 2.15. The van der Waals surface area contributed by atoms with Crippen LogP contribution in [0.25, 0.3) is 0 Å². The van der Waals surface area contributed by atoms with Gasteiger partial charge in [0.25, 0.3) is 0 Å². The summed E-state index contributed by atoms with van der Waals surface area (Å²) >= 11 is 9.73. The van der Waals surface area contributed by atoms with Crippen LogP contribution in [0.2, 0.25) is 0 Å². The van der Waals surface area contributed by atoms with Crippen LogP contribution in [0.3, 0.4) is 0 Å². The van der Waals surface area contributed by atoms with Gasteiger partial charge in [-0.3, -0.25) is 5.47 Å². The number of benzene rings is 1. The number of aryl methyl sites for hydroxylation is 1. The molecule has 0 aromatic heterocycles. The Bertz CT molecular complexity index is 359. The third kappa shape index (κ3) is 2.83. The zero-order chi connectivity index (χ0) is 10.8. The maximum atomic E-state index is 11.6. The molecule has 0 amide bonds. The Morgan fingerprint density at radius 1 is 1.50 bits per heavy atom. The third-order valence-electron chi connectivity index (χ3n) is 2.36. The van der Waals surface area contributed by atoms with E-state index in [0.29, 0.717) is 0 Å². The van der Waals surface area contributed by atoms with Crippen LogP contribution in [0.15, 0.2) is 24.3 Å². The minimum atomic E-state index is -2.85. The van der Waals surface area contributed by atoms with Crippen molar-refractivity contribution in [2.75, 3.05) is 0 Å². The molecule has 0 radical (unpaired) electrons. The van der Waals surface area contributed by atoms with Crippen molar-refractivity contribution in [1.29, 1.82) is 0 Å². The van der Waals surface area contributed by atoms with Crippen molar-refractivity contribution < 1.29 is 4.89 Å². The summed E-state index contributed by atoms with van der Waals surface area (Å²) in [4.78, 5) is 11.6. The summed E-state index contributed by atoms with van der Waals surface area (Å²) < 4.78 is 0. The molecule has 0 saturated carbocycles. The van der Waals surface area contributed by atoms with Gasteiger partial charge in [0.1, 0.15) is 0 Å². The van der Waals surface area contributed by atoms with Crippen LogP contribution in [0, 0.1) is 0 Å². The second-order valence-electron chi connectivity index (χ2n) is 3.27. The van der Waals surface area contributed by atoms with Crippen molar-refractivity contribution in [3.63, 3.8) is 0 Å². The molecule has 78 valence electrons. The summed E-state index contributed by atoms with van der Waals surface area (Å²) in [7, 11) is 0. The van der Waals surface area contributed by atoms with Gasteiger partial charge in [-0.25, -0.2) is 0 Å². The maximum Gasteiger partial charge on any atom is -0.0238 e. The molecule has 0 fully saturated rings. The molecule has 0 bridgehead atoms. The van der Waals surface area contributed by atoms with Gasteiger partial charge in [0.05, 0.1) is 0 Å². The smallest absolute Gasteiger partial charge is 0.0238 e. The molecule has 14 heavy (non-hydrogen) atoms. The fraction of sp³-hybridized carbons (Fsp3) is 0.400. The molecule has 2 atom stereocenters. The highest BCUT2D eigenvalue weighted by atomic mass is 32.9. The number of rotatable bonds is 3. The zero-order valence-corrected chi connectivity index (χ0v) is 10.8. The SMILES string of the molecule is CCc1ccccc1C(C)P([O-])(=S)[S-]. The molecular formula is C10H13OPS2-2. The molecule has 1 nitrogen and oxygen atoms in total. The van der Waals surface area contributed by atoms with E-state index in [1.165, 1.54) is 5.56 Å². The van der Waals surface area contributed by atoms with Crippen molar-refractivity contribution in [3.8, 4) is 0 Å². The van der Waals surface area contributed by atoms with Gasteiger partial charge in [-0.1, -0.05) is 38.1 Å². The molecular weight excluding hydrogens is 231 g/mol. The summed E-state index contributed by atoms with van der Waals surface area (Å²) in [5, 5.41) is 0. The molecule has 0 aliphatic rings. The lowest BCUT2D eigenvalue weighted by atomic mass is 10.0. The van der Waals surface area contributed by atoms with Crippen LogP contribution in [0.5, 0.6) is 0 Å². The fourth-order valence-corrected chi connectivity index (χ4v) is 2.71. The maximum absolute atomic E-state index is 11.6. The van der Waals surface area contributed by atoms with Crippen LogP contribution in [-0.2, 0) is 30.5 Å². The van der Waals surface area contributed by atoms with Gasteiger partial charge in [0.15, 0.2) is 0 Å². The van der Waals surface area contributed by atoms with Crippen LogP contribution in [-0.4, -0.2) is 0 Å². The molecule has 0 saturated heterocycles. The van der Waals surface area contributed by atoms with Crippen molar-refractivity contribution >= 4 is 29.5 Å². The Morgan fingerprint density at radius 3 is 2.57 bits per heavy atom. The fourth-order valence-electron chi connectivity index (χ4n) is 1.43. The Morgan fingerprint density at radius 2 is 2.07 bits per heavy atom. The predicted octanol–water partition coefficient (Wildman–Crippen LogP) is 2.53. The van der Waals surface area contributed by atoms with Crippen molar-refractivity contribution in [2.45, 2.75) is 25.9 Å². The summed E-state index contributed by atoms with van der Waals surface area (Å²) in [6, 6.07) is 7.92. The first-order valence-electron chi connectivity index (χ1n) is 4.56. The molecule has 1 rings (SSSR count). The van der Waals surface area contributed by atoms with E-state index >= 15 is 0 Å². The molecule has 1 aromatic carbocycles. The molecule has 4 heteroatoms. The largest absolute Gasteiger partial charge is 0.838 e. The lowest BCUT2D eigenvalue weighted by Gasteiger charge is -2.43. The summed E-state index contributed by atoms with van der Waals surface area (Å²) in [5.41, 5.74) is -0.809. The van der Waals surface area contributed by atoms with Crippen molar-refractivity contribution in [2.24, 2.45) is 0 Å². The number of hydrogen-bond donors (Lipinski definition) is 0. The van der Waals surface area contributed by atoms with Gasteiger partial charge >= 0.3 is 0 Å². The Labute approximate surface area is 95.8 Å². The summed E-state index contributed by atoms with van der Waals surface area (Å²) in [5.74, 6) is 0. The van der Waals surface area contributed by atoms with Gasteiger partial charge in [-0.2, -0.15) is 0 Å². The van der Waals surface area contributed by atoms with Crippen LogP contribution in [0.4, 0.5) is 0 Å². The van der Waals surface area contributed by atoms with Gasteiger partial charge < -0.3 is 17.1 Å². The summed E-state index contributed by atoms with van der Waals surface area (Å²) in [6.45, 7) is 3.93. The standard InChI is InChI=1S/C10H15OPS2/c1-3-9-6-4-5-7-10(9)8(2)12(11,13)14/h4-8H,3H2,1-2H3,(H2,11,13,14)/p-2. The molecule has 1 aromatic rings. The minimum absolute atomic E-state index is 0.191. The highest BCUT2D eigenvalue weighted by Crippen LogP contribution is 2.50. The van der Waals surface area contributed by atoms with E-state index in [1.54, 1.807) is 0 Å². The van der Waals surface area contributed by atoms with E-state index in [4.69, 9.17) is 24.1 Å². The van der Waals surface area contributed by atoms with Gasteiger partial charge in [-0.15, -0.1) is 11.8 Å². The third-order valence-corrected chi connectivity index (χ3v) is 5.48. The first-order valence-corrected chi connectivity index (χ1v) is 8.36. The van der Waals surface area contributed by atoms with E-state index in [1.807, 2.05) is 31.2 Å². The van der Waals surface area contributed by atoms with Crippen LogP contribution in [0.1, 0.15) is 30.6 Å². The van der Waals surface area contributed by atoms with Gasteiger partial charge in [0, 0.05) is 0 Å². The van der Waals surface area contributed by atoms with E-state index in [0.717, 1.165) is 12.0 Å². The first kappa shape index (κ1) is 12.3. The Hall–Kier alpha value is 0.180. The van der Waals surface area contributed by atoms with Crippen LogP contribution < -0.4 is 4.89 Å². The average molecular weight is 244 g/mol. The lowest BCUT2D eigenvalue weighted by molar-refractivity contribution is -0.156. The van der Waals surface area contributed by atoms with Crippen LogP contribution >= 0.6 is 5.47 Å². The molecule has 0 aliphatic heterocycles. The summed E-state index contributed by atoms with van der Waals surface area (Å²) in [6.07, 6.45) is 0.922. The quantitative estimate of drug-likeness (QED) is 0.603. The second-order valence-corrected chi connectivity index (χ2v) is 9.07. The Balaban J connectivity index is 3.12. The monoisotopic (exact) mass is 244 g/mol. The van der Waals surface area contributed by atoms with E-state index < -0.39 is 5.47 Å². The molecule has 0 spiro atoms. The minimum Gasteiger partial charge on any atom is -0.838 e.